The van der Waals surface area contributed by atoms with Crippen LogP contribution in [0.4, 0.5) is 0 Å². The number of halogens is 1. The van der Waals surface area contributed by atoms with E-state index in [1.54, 1.807) is 4.68 Å². The van der Waals surface area contributed by atoms with Crippen molar-refractivity contribution >= 4 is 17.6 Å². The molecule has 1 unspecified atom stereocenters. The average molecular weight is 306 g/mol. The predicted octanol–water partition coefficient (Wildman–Crippen LogP) is 2.57. The van der Waals surface area contributed by atoms with Gasteiger partial charge in [0.05, 0.1) is 11.4 Å². The second kappa shape index (κ2) is 5.87. The van der Waals surface area contributed by atoms with Gasteiger partial charge in [-0.2, -0.15) is 5.10 Å². The van der Waals surface area contributed by atoms with Crippen molar-refractivity contribution < 1.29 is 9.90 Å². The van der Waals surface area contributed by atoms with Crippen LogP contribution in [0.2, 0.25) is 5.02 Å². The maximum atomic E-state index is 11.2. The monoisotopic (exact) mass is 305 g/mol. The number of likely N-dealkylation sites (tertiary alicyclic amines) is 1. The van der Waals surface area contributed by atoms with Crippen molar-refractivity contribution in [2.24, 2.45) is 0 Å². The van der Waals surface area contributed by atoms with Crippen molar-refractivity contribution in [3.8, 4) is 5.69 Å². The summed E-state index contributed by atoms with van der Waals surface area (Å²) in [6.07, 6.45) is 3.52. The van der Waals surface area contributed by atoms with E-state index in [-0.39, 0.29) is 6.04 Å². The fraction of sp³-hybridized carbons (Fsp3) is 0.333. The van der Waals surface area contributed by atoms with Crippen molar-refractivity contribution in [2.75, 3.05) is 6.54 Å². The molecule has 1 saturated heterocycles. The van der Waals surface area contributed by atoms with Crippen LogP contribution >= 0.6 is 11.6 Å². The highest BCUT2D eigenvalue weighted by Gasteiger charge is 2.30. The van der Waals surface area contributed by atoms with Crippen LogP contribution in [-0.4, -0.2) is 38.3 Å². The Morgan fingerprint density at radius 2 is 2.10 bits per heavy atom. The first-order valence-electron chi connectivity index (χ1n) is 6.91. The Labute approximate surface area is 127 Å². The number of carbonyl (C=O) groups is 1. The van der Waals surface area contributed by atoms with Crippen LogP contribution in [0.25, 0.3) is 5.69 Å². The topological polar surface area (TPSA) is 58.4 Å². The van der Waals surface area contributed by atoms with Gasteiger partial charge in [-0.25, -0.2) is 4.68 Å². The minimum Gasteiger partial charge on any atom is -0.480 e. The van der Waals surface area contributed by atoms with Gasteiger partial charge in [0.2, 0.25) is 0 Å². The summed E-state index contributed by atoms with van der Waals surface area (Å²) in [6, 6.07) is 8.97. The largest absolute Gasteiger partial charge is 0.480 e. The molecule has 21 heavy (non-hydrogen) atoms. The molecule has 1 fully saturated rings. The fourth-order valence-corrected chi connectivity index (χ4v) is 2.81. The number of hydrogen-bond donors (Lipinski definition) is 1. The molecule has 1 atom stereocenters. The molecule has 110 valence electrons. The molecule has 1 aromatic heterocycles. The average Bonchev–Trinajstić information content (AvgIpc) is 3.09. The van der Waals surface area contributed by atoms with E-state index in [1.807, 2.05) is 41.4 Å². The van der Waals surface area contributed by atoms with Crippen LogP contribution in [0.3, 0.4) is 0 Å². The van der Waals surface area contributed by atoms with Crippen molar-refractivity contribution in [3.63, 3.8) is 0 Å². The predicted molar refractivity (Wildman–Crippen MR) is 79.6 cm³/mol. The van der Waals surface area contributed by atoms with E-state index in [4.69, 9.17) is 11.6 Å². The molecule has 0 aliphatic carbocycles. The van der Waals surface area contributed by atoms with Crippen LogP contribution in [0, 0.1) is 0 Å². The minimum absolute atomic E-state index is 0.384. The van der Waals surface area contributed by atoms with Gasteiger partial charge < -0.3 is 5.11 Å². The summed E-state index contributed by atoms with van der Waals surface area (Å²) < 4.78 is 1.78. The smallest absolute Gasteiger partial charge is 0.320 e. The van der Waals surface area contributed by atoms with Gasteiger partial charge in [-0.3, -0.25) is 9.69 Å². The van der Waals surface area contributed by atoms with Gasteiger partial charge in [0.25, 0.3) is 0 Å². The standard InChI is InChI=1S/C15H16ClN3O2/c16-11-3-5-13(6-4-11)19-9-7-12(17-19)10-18-8-1-2-14(18)15(20)21/h3-7,9,14H,1-2,8,10H2,(H,20,21). The third-order valence-electron chi connectivity index (χ3n) is 3.75. The Balaban J connectivity index is 1.73. The van der Waals surface area contributed by atoms with Crippen LogP contribution < -0.4 is 0 Å². The lowest BCUT2D eigenvalue weighted by Gasteiger charge is -2.19. The van der Waals surface area contributed by atoms with Crippen molar-refractivity contribution in [3.05, 3.63) is 47.2 Å². The lowest BCUT2D eigenvalue weighted by Crippen LogP contribution is -2.35. The van der Waals surface area contributed by atoms with E-state index in [2.05, 4.69) is 5.10 Å². The number of aromatic nitrogens is 2. The Morgan fingerprint density at radius 1 is 1.33 bits per heavy atom. The normalized spacial score (nSPS) is 19.0. The molecule has 3 rings (SSSR count). The quantitative estimate of drug-likeness (QED) is 0.943. The van der Waals surface area contributed by atoms with Gasteiger partial charge in [0.1, 0.15) is 6.04 Å². The van der Waals surface area contributed by atoms with E-state index < -0.39 is 5.97 Å². The highest BCUT2D eigenvalue weighted by molar-refractivity contribution is 6.30. The molecule has 1 aliphatic rings. The number of nitrogens with zero attached hydrogens (tertiary/aromatic N) is 3. The number of carboxylic acids is 1. The van der Waals surface area contributed by atoms with Crippen LogP contribution in [0.15, 0.2) is 36.5 Å². The van der Waals surface area contributed by atoms with Crippen molar-refractivity contribution in [2.45, 2.75) is 25.4 Å². The van der Waals surface area contributed by atoms with E-state index in [9.17, 15) is 9.90 Å². The van der Waals surface area contributed by atoms with E-state index in [0.29, 0.717) is 18.0 Å². The Bertz CT molecular complexity index is 639. The molecule has 0 saturated carbocycles. The van der Waals surface area contributed by atoms with Crippen molar-refractivity contribution in [1.82, 2.24) is 14.7 Å². The molecular weight excluding hydrogens is 290 g/mol. The summed E-state index contributed by atoms with van der Waals surface area (Å²) in [5.74, 6) is -0.746. The maximum absolute atomic E-state index is 11.2. The minimum atomic E-state index is -0.746. The van der Waals surface area contributed by atoms with Gasteiger partial charge >= 0.3 is 5.97 Å². The Kier molecular flexibility index (Phi) is 3.94. The summed E-state index contributed by atoms with van der Waals surface area (Å²) >= 11 is 5.87. The zero-order chi connectivity index (χ0) is 14.8. The third-order valence-corrected chi connectivity index (χ3v) is 4.00. The zero-order valence-electron chi connectivity index (χ0n) is 11.4. The van der Waals surface area contributed by atoms with Crippen LogP contribution in [0.1, 0.15) is 18.5 Å². The highest BCUT2D eigenvalue weighted by Crippen LogP contribution is 2.20. The van der Waals surface area contributed by atoms with Gasteiger partial charge in [-0.1, -0.05) is 11.6 Å². The van der Waals surface area contributed by atoms with Gasteiger partial charge in [-0.15, -0.1) is 0 Å². The number of rotatable bonds is 4. The number of aliphatic carboxylic acids is 1. The van der Waals surface area contributed by atoms with Gasteiger partial charge in [0.15, 0.2) is 0 Å². The third kappa shape index (κ3) is 3.09. The number of benzene rings is 1. The molecule has 0 bridgehead atoms. The molecule has 2 aromatic rings. The molecule has 1 aliphatic heterocycles. The van der Waals surface area contributed by atoms with E-state index in [0.717, 1.165) is 24.3 Å². The second-order valence-corrected chi connectivity index (χ2v) is 5.63. The lowest BCUT2D eigenvalue weighted by atomic mass is 10.2. The molecule has 6 heteroatoms. The summed E-state index contributed by atoms with van der Waals surface area (Å²) in [7, 11) is 0. The zero-order valence-corrected chi connectivity index (χ0v) is 12.2. The first kappa shape index (κ1) is 14.1. The van der Waals surface area contributed by atoms with E-state index >= 15 is 0 Å². The van der Waals surface area contributed by atoms with Crippen LogP contribution in [-0.2, 0) is 11.3 Å². The molecule has 5 nitrogen and oxygen atoms in total. The number of carboxylic acid groups (broad SMARTS) is 1. The first-order chi connectivity index (χ1) is 10.1. The lowest BCUT2D eigenvalue weighted by molar-refractivity contribution is -0.142. The number of hydrogen-bond acceptors (Lipinski definition) is 3. The molecule has 0 amide bonds. The molecule has 1 aromatic carbocycles. The first-order valence-corrected chi connectivity index (χ1v) is 7.28. The Morgan fingerprint density at radius 3 is 2.81 bits per heavy atom. The van der Waals surface area contributed by atoms with Gasteiger partial charge in [0, 0.05) is 17.8 Å². The molecule has 2 heterocycles. The second-order valence-electron chi connectivity index (χ2n) is 5.19. The molecular formula is C15H16ClN3O2. The Hall–Kier alpha value is -1.85. The SMILES string of the molecule is O=C(O)C1CCCN1Cc1ccn(-c2ccc(Cl)cc2)n1. The summed E-state index contributed by atoms with van der Waals surface area (Å²) in [5, 5.41) is 14.4. The molecule has 0 spiro atoms. The summed E-state index contributed by atoms with van der Waals surface area (Å²) in [6.45, 7) is 1.38. The molecule has 0 radical (unpaired) electrons. The summed E-state index contributed by atoms with van der Waals surface area (Å²) in [5.41, 5.74) is 1.81. The fourth-order valence-electron chi connectivity index (χ4n) is 2.69. The molecule has 1 N–H and O–H groups in total. The van der Waals surface area contributed by atoms with Crippen molar-refractivity contribution in [1.29, 1.82) is 0 Å². The highest BCUT2D eigenvalue weighted by atomic mass is 35.5. The van der Waals surface area contributed by atoms with E-state index in [1.165, 1.54) is 0 Å². The van der Waals surface area contributed by atoms with Gasteiger partial charge in [-0.05, 0) is 49.7 Å². The maximum Gasteiger partial charge on any atom is 0.320 e. The van der Waals surface area contributed by atoms with Crippen LogP contribution in [0.5, 0.6) is 0 Å². The summed E-state index contributed by atoms with van der Waals surface area (Å²) in [4.78, 5) is 13.2.